The topological polar surface area (TPSA) is 86.4 Å². The van der Waals surface area contributed by atoms with E-state index in [2.05, 4.69) is 4.98 Å². The summed E-state index contributed by atoms with van der Waals surface area (Å²) in [5.41, 5.74) is 2.15. The van der Waals surface area contributed by atoms with Crippen LogP contribution in [0.15, 0.2) is 35.1 Å². The van der Waals surface area contributed by atoms with Crippen molar-refractivity contribution in [1.82, 2.24) is 19.8 Å². The Balaban J connectivity index is 1.64. The van der Waals surface area contributed by atoms with E-state index < -0.39 is 0 Å². The number of carbonyl (C=O) groups is 2. The number of aromatic amines is 1. The molecule has 30 heavy (non-hydrogen) atoms. The van der Waals surface area contributed by atoms with Crippen molar-refractivity contribution in [3.63, 3.8) is 0 Å². The van der Waals surface area contributed by atoms with Gasteiger partial charge in [-0.25, -0.2) is 4.98 Å². The fourth-order valence-corrected chi connectivity index (χ4v) is 4.50. The summed E-state index contributed by atoms with van der Waals surface area (Å²) >= 11 is 0. The molecule has 1 aromatic carbocycles. The van der Waals surface area contributed by atoms with Gasteiger partial charge in [-0.1, -0.05) is 30.3 Å². The van der Waals surface area contributed by atoms with Crippen LogP contribution in [0.4, 0.5) is 0 Å². The lowest BCUT2D eigenvalue weighted by Crippen LogP contribution is -2.43. The highest BCUT2D eigenvalue weighted by atomic mass is 16.2. The number of likely N-dealkylation sites (tertiary alicyclic amines) is 1. The van der Waals surface area contributed by atoms with E-state index >= 15 is 0 Å². The molecule has 0 bridgehead atoms. The smallest absolute Gasteiger partial charge is 0.254 e. The zero-order valence-electron chi connectivity index (χ0n) is 17.6. The molecular formula is C23H28N4O3. The van der Waals surface area contributed by atoms with E-state index in [0.29, 0.717) is 43.1 Å². The van der Waals surface area contributed by atoms with Crippen molar-refractivity contribution < 1.29 is 9.59 Å². The van der Waals surface area contributed by atoms with E-state index in [9.17, 15) is 14.4 Å². The fraction of sp³-hybridized carbons (Fsp3) is 0.478. The number of benzene rings is 1. The van der Waals surface area contributed by atoms with Crippen molar-refractivity contribution in [3.05, 3.63) is 63.3 Å². The zero-order chi connectivity index (χ0) is 21.3. The van der Waals surface area contributed by atoms with Gasteiger partial charge >= 0.3 is 0 Å². The molecule has 1 fully saturated rings. The second-order valence-electron chi connectivity index (χ2n) is 8.24. The predicted octanol–water partition coefficient (Wildman–Crippen LogP) is 2.53. The Hall–Kier alpha value is -2.96. The standard InChI is InChI=1S/C23H28N4O3/c1-15(17-8-4-3-5-9-17)23(30)27-12-7-6-10-20(27)21-24-19-14-26(16(2)28)13-11-18(19)22(29)25-21/h3-5,8-9,15,20H,6-7,10-14H2,1-2H3,(H,24,25,29)/t15-,20+/m0/s1. The maximum atomic E-state index is 13.4. The number of piperidine rings is 1. The number of fused-ring (bicyclic) bond motifs is 1. The molecule has 0 spiro atoms. The van der Waals surface area contributed by atoms with Crippen molar-refractivity contribution in [1.29, 1.82) is 0 Å². The number of hydrogen-bond donors (Lipinski definition) is 1. The van der Waals surface area contributed by atoms with Gasteiger partial charge in [-0.05, 0) is 38.2 Å². The average Bonchev–Trinajstić information content (AvgIpc) is 2.78. The summed E-state index contributed by atoms with van der Waals surface area (Å²) in [6.07, 6.45) is 3.20. The third kappa shape index (κ3) is 3.88. The molecule has 0 unspecified atom stereocenters. The van der Waals surface area contributed by atoms with Crippen molar-refractivity contribution in [2.45, 2.75) is 58.0 Å². The van der Waals surface area contributed by atoms with Crippen molar-refractivity contribution >= 4 is 11.8 Å². The quantitative estimate of drug-likeness (QED) is 0.846. The molecule has 1 N–H and O–H groups in total. The average molecular weight is 409 g/mol. The van der Waals surface area contributed by atoms with Crippen LogP contribution in [0.5, 0.6) is 0 Å². The summed E-state index contributed by atoms with van der Waals surface area (Å²) in [7, 11) is 0. The highest BCUT2D eigenvalue weighted by Crippen LogP contribution is 2.32. The maximum absolute atomic E-state index is 13.4. The van der Waals surface area contributed by atoms with Gasteiger partial charge in [0, 0.05) is 25.6 Å². The zero-order valence-corrected chi connectivity index (χ0v) is 17.6. The Morgan fingerprint density at radius 2 is 1.93 bits per heavy atom. The molecule has 3 heterocycles. The Bertz CT molecular complexity index is 1000. The first-order valence-corrected chi connectivity index (χ1v) is 10.7. The van der Waals surface area contributed by atoms with E-state index in [0.717, 1.165) is 24.8 Å². The SMILES string of the molecule is CC(=O)N1CCc2c(nc([C@H]3CCCCN3C(=O)[C@@H](C)c3ccccc3)[nH]c2=O)C1. The van der Waals surface area contributed by atoms with Gasteiger partial charge in [0.1, 0.15) is 5.82 Å². The van der Waals surface area contributed by atoms with Crippen molar-refractivity contribution in [2.24, 2.45) is 0 Å². The number of nitrogens with zero attached hydrogens (tertiary/aromatic N) is 3. The minimum Gasteiger partial charge on any atom is -0.337 e. The lowest BCUT2D eigenvalue weighted by Gasteiger charge is -2.37. The number of H-pyrrole nitrogens is 1. The van der Waals surface area contributed by atoms with Crippen LogP contribution in [0, 0.1) is 0 Å². The van der Waals surface area contributed by atoms with Gasteiger partial charge in [0.2, 0.25) is 11.8 Å². The number of aromatic nitrogens is 2. The van der Waals surface area contributed by atoms with Crippen LogP contribution in [-0.4, -0.2) is 44.7 Å². The molecule has 7 nitrogen and oxygen atoms in total. The molecule has 0 saturated carbocycles. The molecular weight excluding hydrogens is 380 g/mol. The lowest BCUT2D eigenvalue weighted by atomic mass is 9.95. The van der Waals surface area contributed by atoms with Gasteiger partial charge in [0.25, 0.3) is 5.56 Å². The maximum Gasteiger partial charge on any atom is 0.254 e. The third-order valence-corrected chi connectivity index (χ3v) is 6.31. The van der Waals surface area contributed by atoms with Crippen molar-refractivity contribution in [2.75, 3.05) is 13.1 Å². The second kappa shape index (κ2) is 8.42. The van der Waals surface area contributed by atoms with Crippen LogP contribution < -0.4 is 5.56 Å². The largest absolute Gasteiger partial charge is 0.337 e. The van der Waals surface area contributed by atoms with E-state index in [1.54, 1.807) is 4.90 Å². The van der Waals surface area contributed by atoms with Gasteiger partial charge in [0.15, 0.2) is 0 Å². The summed E-state index contributed by atoms with van der Waals surface area (Å²) < 4.78 is 0. The molecule has 2 amide bonds. The highest BCUT2D eigenvalue weighted by Gasteiger charge is 2.34. The molecule has 158 valence electrons. The number of amides is 2. The van der Waals surface area contributed by atoms with Crippen LogP contribution in [0.1, 0.15) is 67.7 Å². The molecule has 2 aliphatic heterocycles. The van der Waals surface area contributed by atoms with E-state index in [4.69, 9.17) is 4.98 Å². The summed E-state index contributed by atoms with van der Waals surface area (Å²) in [6, 6.07) is 9.51. The summed E-state index contributed by atoms with van der Waals surface area (Å²) in [4.78, 5) is 49.2. The summed E-state index contributed by atoms with van der Waals surface area (Å²) in [6.45, 7) is 5.00. The minimum absolute atomic E-state index is 0.0181. The molecule has 0 aliphatic carbocycles. The van der Waals surface area contributed by atoms with E-state index in [1.807, 2.05) is 42.2 Å². The minimum atomic E-state index is -0.260. The van der Waals surface area contributed by atoms with Gasteiger partial charge in [-0.15, -0.1) is 0 Å². The van der Waals surface area contributed by atoms with Crippen LogP contribution in [0.25, 0.3) is 0 Å². The monoisotopic (exact) mass is 408 g/mol. The Kier molecular flexibility index (Phi) is 5.70. The summed E-state index contributed by atoms with van der Waals surface area (Å²) in [5, 5.41) is 0. The van der Waals surface area contributed by atoms with E-state index in [-0.39, 0.29) is 29.3 Å². The number of carbonyl (C=O) groups excluding carboxylic acids is 2. The van der Waals surface area contributed by atoms with Crippen LogP contribution in [0.2, 0.25) is 0 Å². The Morgan fingerprint density at radius 3 is 2.67 bits per heavy atom. The molecule has 1 aromatic heterocycles. The number of nitrogens with one attached hydrogen (secondary N) is 1. The first-order valence-electron chi connectivity index (χ1n) is 10.7. The Labute approximate surface area is 176 Å². The number of rotatable bonds is 3. The first-order chi connectivity index (χ1) is 14.5. The number of hydrogen-bond acceptors (Lipinski definition) is 4. The second-order valence-corrected chi connectivity index (χ2v) is 8.24. The van der Waals surface area contributed by atoms with Gasteiger partial charge < -0.3 is 14.8 Å². The van der Waals surface area contributed by atoms with Crippen molar-refractivity contribution in [3.8, 4) is 0 Å². The third-order valence-electron chi connectivity index (χ3n) is 6.31. The fourth-order valence-electron chi connectivity index (χ4n) is 4.50. The molecule has 2 aromatic rings. The first kappa shape index (κ1) is 20.3. The van der Waals surface area contributed by atoms with Gasteiger partial charge in [-0.3, -0.25) is 14.4 Å². The molecule has 4 rings (SSSR count). The Morgan fingerprint density at radius 1 is 1.17 bits per heavy atom. The molecule has 2 aliphatic rings. The van der Waals surface area contributed by atoms with E-state index in [1.165, 1.54) is 6.92 Å². The van der Waals surface area contributed by atoms with Crippen LogP contribution in [0.3, 0.4) is 0 Å². The van der Waals surface area contributed by atoms with Crippen LogP contribution in [-0.2, 0) is 22.6 Å². The molecule has 2 atom stereocenters. The molecule has 0 radical (unpaired) electrons. The normalized spacial score (nSPS) is 19.9. The summed E-state index contributed by atoms with van der Waals surface area (Å²) in [5.74, 6) is 0.314. The predicted molar refractivity (Wildman–Crippen MR) is 113 cm³/mol. The lowest BCUT2D eigenvalue weighted by molar-refractivity contribution is -0.136. The molecule has 7 heteroatoms. The van der Waals surface area contributed by atoms with Gasteiger partial charge in [-0.2, -0.15) is 0 Å². The van der Waals surface area contributed by atoms with Crippen LogP contribution >= 0.6 is 0 Å². The molecule has 1 saturated heterocycles. The van der Waals surface area contributed by atoms with Gasteiger partial charge in [0.05, 0.1) is 24.2 Å². The highest BCUT2D eigenvalue weighted by molar-refractivity contribution is 5.83.